The highest BCUT2D eigenvalue weighted by Gasteiger charge is 2.25. The van der Waals surface area contributed by atoms with Gasteiger partial charge in [0.25, 0.3) is 0 Å². The van der Waals surface area contributed by atoms with E-state index in [4.69, 9.17) is 18.6 Å². The average molecular weight is 246 g/mol. The van der Waals surface area contributed by atoms with Gasteiger partial charge in [0, 0.05) is 12.6 Å². The summed E-state index contributed by atoms with van der Waals surface area (Å²) >= 11 is 0. The highest BCUT2D eigenvalue weighted by molar-refractivity contribution is 6.44. The lowest BCUT2D eigenvalue weighted by atomic mass is 9.78. The molecule has 0 atom stereocenters. The fraction of sp³-hybridized carbons (Fsp3) is 0.500. The van der Waals surface area contributed by atoms with E-state index in [1.54, 1.807) is 0 Å². The van der Waals surface area contributed by atoms with Crippen molar-refractivity contribution in [3.63, 3.8) is 0 Å². The van der Waals surface area contributed by atoms with Crippen LogP contribution in [0.1, 0.15) is 11.1 Å². The first kappa shape index (κ1) is 12.2. The smallest absolute Gasteiger partial charge is 0.409 e. The van der Waals surface area contributed by atoms with Gasteiger partial charge >= 0.3 is 14.2 Å². The fourth-order valence-electron chi connectivity index (χ4n) is 2.25. The molecule has 1 aromatic carbocycles. The van der Waals surface area contributed by atoms with Crippen LogP contribution in [0.3, 0.4) is 0 Å². The molecular weight excluding hydrogens is 230 g/mol. The first-order valence-corrected chi connectivity index (χ1v) is 6.44. The standard InChI is InChI=1S/C12H16B2O4/c1-2-12(10-14-17-7-8-18-14)4-3-11(1)9-13-15-5-6-16-13/h1-4H,5-10H2. The van der Waals surface area contributed by atoms with Gasteiger partial charge in [0.05, 0.1) is 26.4 Å². The second-order valence-corrected chi connectivity index (χ2v) is 4.57. The molecule has 2 fully saturated rings. The molecule has 2 heterocycles. The molecule has 3 rings (SSSR count). The van der Waals surface area contributed by atoms with E-state index in [-0.39, 0.29) is 14.2 Å². The molecule has 0 radical (unpaired) electrons. The van der Waals surface area contributed by atoms with Crippen molar-refractivity contribution in [3.05, 3.63) is 35.4 Å². The summed E-state index contributed by atoms with van der Waals surface area (Å²) in [5, 5.41) is 0. The molecule has 18 heavy (non-hydrogen) atoms. The second-order valence-electron chi connectivity index (χ2n) is 4.57. The third-order valence-electron chi connectivity index (χ3n) is 3.21. The maximum atomic E-state index is 5.43. The predicted molar refractivity (Wildman–Crippen MR) is 69.2 cm³/mol. The molecule has 0 N–H and O–H groups in total. The Morgan fingerprint density at radius 1 is 0.667 bits per heavy atom. The zero-order valence-corrected chi connectivity index (χ0v) is 10.3. The third-order valence-corrected chi connectivity index (χ3v) is 3.21. The van der Waals surface area contributed by atoms with E-state index in [0.717, 1.165) is 12.6 Å². The lowest BCUT2D eigenvalue weighted by Crippen LogP contribution is -2.19. The monoisotopic (exact) mass is 246 g/mol. The molecule has 1 aromatic rings. The van der Waals surface area contributed by atoms with Gasteiger partial charge < -0.3 is 18.6 Å². The van der Waals surface area contributed by atoms with Crippen molar-refractivity contribution in [1.82, 2.24) is 0 Å². The van der Waals surface area contributed by atoms with Gasteiger partial charge in [0.15, 0.2) is 0 Å². The third kappa shape index (κ3) is 3.14. The zero-order valence-electron chi connectivity index (χ0n) is 10.3. The van der Waals surface area contributed by atoms with Crippen LogP contribution < -0.4 is 0 Å². The topological polar surface area (TPSA) is 36.9 Å². The van der Waals surface area contributed by atoms with Crippen LogP contribution in [-0.2, 0) is 31.3 Å². The van der Waals surface area contributed by atoms with E-state index in [0.29, 0.717) is 26.4 Å². The van der Waals surface area contributed by atoms with Gasteiger partial charge in [0.1, 0.15) is 0 Å². The highest BCUT2D eigenvalue weighted by atomic mass is 16.6. The van der Waals surface area contributed by atoms with Crippen LogP contribution in [0.25, 0.3) is 0 Å². The van der Waals surface area contributed by atoms with E-state index >= 15 is 0 Å². The van der Waals surface area contributed by atoms with Crippen LogP contribution in [0, 0.1) is 0 Å². The minimum atomic E-state index is -0.0719. The van der Waals surface area contributed by atoms with E-state index in [1.165, 1.54) is 11.1 Å². The van der Waals surface area contributed by atoms with Crippen LogP contribution in [0.5, 0.6) is 0 Å². The Bertz CT molecular complexity index is 335. The largest absolute Gasteiger partial charge is 0.461 e. The van der Waals surface area contributed by atoms with Crippen LogP contribution in [-0.4, -0.2) is 40.7 Å². The van der Waals surface area contributed by atoms with E-state index in [1.807, 2.05) is 0 Å². The Morgan fingerprint density at radius 3 is 1.33 bits per heavy atom. The van der Waals surface area contributed by atoms with Crippen molar-refractivity contribution < 1.29 is 18.6 Å². The van der Waals surface area contributed by atoms with Crippen molar-refractivity contribution >= 4 is 14.2 Å². The molecule has 6 heteroatoms. The van der Waals surface area contributed by atoms with Gasteiger partial charge in [0.2, 0.25) is 0 Å². The Hall–Kier alpha value is -0.810. The van der Waals surface area contributed by atoms with Gasteiger partial charge in [-0.1, -0.05) is 24.3 Å². The van der Waals surface area contributed by atoms with Gasteiger partial charge in [-0.3, -0.25) is 0 Å². The Morgan fingerprint density at radius 2 is 1.00 bits per heavy atom. The molecule has 0 spiro atoms. The molecule has 2 saturated heterocycles. The van der Waals surface area contributed by atoms with Gasteiger partial charge in [-0.05, 0) is 11.1 Å². The summed E-state index contributed by atoms with van der Waals surface area (Å²) in [5.74, 6) is 0. The maximum absolute atomic E-state index is 5.43. The average Bonchev–Trinajstić information content (AvgIpc) is 3.05. The molecule has 94 valence electrons. The van der Waals surface area contributed by atoms with Crippen molar-refractivity contribution in [2.45, 2.75) is 12.6 Å². The first-order chi connectivity index (χ1) is 8.90. The Balaban J connectivity index is 1.54. The van der Waals surface area contributed by atoms with Crippen LogP contribution in [0.4, 0.5) is 0 Å². The number of hydrogen-bond acceptors (Lipinski definition) is 4. The summed E-state index contributed by atoms with van der Waals surface area (Å²) in [7, 11) is -0.144. The molecule has 2 aliphatic rings. The minimum Gasteiger partial charge on any atom is -0.409 e. The van der Waals surface area contributed by atoms with Crippen molar-refractivity contribution in [2.75, 3.05) is 26.4 Å². The first-order valence-electron chi connectivity index (χ1n) is 6.44. The van der Waals surface area contributed by atoms with Crippen molar-refractivity contribution in [3.8, 4) is 0 Å². The lowest BCUT2D eigenvalue weighted by Gasteiger charge is -2.07. The maximum Gasteiger partial charge on any atom is 0.461 e. The normalized spacial score (nSPS) is 19.8. The molecule has 0 saturated carbocycles. The SMILES string of the molecule is c1cc(CB2OCCO2)ccc1CB1OCCO1. The number of hydrogen-bond donors (Lipinski definition) is 0. The predicted octanol–water partition coefficient (Wildman–Crippen LogP) is 0.920. The van der Waals surface area contributed by atoms with Gasteiger partial charge in [-0.25, -0.2) is 0 Å². The summed E-state index contributed by atoms with van der Waals surface area (Å²) in [6, 6.07) is 8.48. The second kappa shape index (κ2) is 5.89. The summed E-state index contributed by atoms with van der Waals surface area (Å²) in [6.07, 6.45) is 1.63. The summed E-state index contributed by atoms with van der Waals surface area (Å²) in [6.45, 7) is 2.83. The number of rotatable bonds is 4. The zero-order chi connectivity index (χ0) is 12.2. The van der Waals surface area contributed by atoms with Crippen LogP contribution in [0.2, 0.25) is 0 Å². The Kier molecular flexibility index (Phi) is 4.00. The summed E-state index contributed by atoms with van der Waals surface area (Å²) < 4.78 is 21.7. The lowest BCUT2D eigenvalue weighted by molar-refractivity contribution is 0.365. The van der Waals surface area contributed by atoms with Crippen LogP contribution >= 0.6 is 0 Å². The summed E-state index contributed by atoms with van der Waals surface area (Å²) in [5.41, 5.74) is 2.47. The van der Waals surface area contributed by atoms with Crippen LogP contribution in [0.15, 0.2) is 24.3 Å². The molecule has 0 unspecified atom stereocenters. The van der Waals surface area contributed by atoms with E-state index in [9.17, 15) is 0 Å². The van der Waals surface area contributed by atoms with E-state index in [2.05, 4.69) is 24.3 Å². The minimum absolute atomic E-state index is 0.0719. The number of benzene rings is 1. The van der Waals surface area contributed by atoms with Crippen molar-refractivity contribution in [1.29, 1.82) is 0 Å². The highest BCUT2D eigenvalue weighted by Crippen LogP contribution is 2.13. The van der Waals surface area contributed by atoms with Gasteiger partial charge in [-0.2, -0.15) is 0 Å². The van der Waals surface area contributed by atoms with Crippen molar-refractivity contribution in [2.24, 2.45) is 0 Å². The quantitative estimate of drug-likeness (QED) is 0.740. The van der Waals surface area contributed by atoms with Gasteiger partial charge in [-0.15, -0.1) is 0 Å². The molecular formula is C12H16B2O4. The molecule has 0 amide bonds. The fourth-order valence-corrected chi connectivity index (χ4v) is 2.25. The summed E-state index contributed by atoms with van der Waals surface area (Å²) in [4.78, 5) is 0. The molecule has 0 aromatic heterocycles. The molecule has 0 aliphatic carbocycles. The molecule has 0 bridgehead atoms. The molecule has 2 aliphatic heterocycles. The Labute approximate surface area is 108 Å². The van der Waals surface area contributed by atoms with E-state index < -0.39 is 0 Å². The molecule has 4 nitrogen and oxygen atoms in total.